The second-order valence-electron chi connectivity index (χ2n) is 2.18. The molecule has 0 unspecified atom stereocenters. The van der Waals surface area contributed by atoms with Crippen molar-refractivity contribution in [2.45, 2.75) is 0 Å². The number of carboxylic acids is 1. The van der Waals surface area contributed by atoms with E-state index in [1.54, 1.807) is 30.3 Å². The number of thiol groups is 1. The Morgan fingerprint density at radius 1 is 1.29 bits per heavy atom. The second-order valence-corrected chi connectivity index (χ2v) is 7.22. The van der Waals surface area contributed by atoms with Gasteiger partial charge in [0, 0.05) is 0 Å². The summed E-state index contributed by atoms with van der Waals surface area (Å²) in [7, 11) is 0. The maximum Gasteiger partial charge on any atom is 0.335 e. The molecule has 0 radical (unpaired) electrons. The summed E-state index contributed by atoms with van der Waals surface area (Å²) in [5.41, 5.74) is -2.78. The second kappa shape index (κ2) is 6.16. The number of benzene rings is 1. The fraction of sp³-hybridized carbons (Fsp3) is 0. The third kappa shape index (κ3) is 9.70. The summed E-state index contributed by atoms with van der Waals surface area (Å²) in [6, 6.07) is 8.30. The van der Waals surface area contributed by atoms with Crippen molar-refractivity contribution >= 4 is 35.7 Å². The maximum absolute atomic E-state index is 10.2. The van der Waals surface area contributed by atoms with Crippen molar-refractivity contribution < 1.29 is 19.7 Å². The predicted molar refractivity (Wildman–Crippen MR) is 61.1 cm³/mol. The molecular formula is C7H9O4PS2. The third-order valence-corrected chi connectivity index (χ3v) is 1.02. The van der Waals surface area contributed by atoms with E-state index >= 15 is 0 Å². The van der Waals surface area contributed by atoms with Crippen molar-refractivity contribution in [3.63, 3.8) is 0 Å². The van der Waals surface area contributed by atoms with Gasteiger partial charge in [-0.1, -0.05) is 30.4 Å². The molecule has 0 aliphatic heterocycles. The SMILES string of the molecule is O=C(O)c1ccccc1.OP(O)(=S)S. The number of carbonyl (C=O) groups is 1. The van der Waals surface area contributed by atoms with Gasteiger partial charge in [-0.25, -0.2) is 4.79 Å². The van der Waals surface area contributed by atoms with Crippen LogP contribution in [0.25, 0.3) is 0 Å². The summed E-state index contributed by atoms with van der Waals surface area (Å²) >= 11 is 7.07. The van der Waals surface area contributed by atoms with Crippen LogP contribution in [0.2, 0.25) is 0 Å². The summed E-state index contributed by atoms with van der Waals surface area (Å²) in [6.45, 7) is 0. The summed E-state index contributed by atoms with van der Waals surface area (Å²) < 4.78 is 0. The van der Waals surface area contributed by atoms with Gasteiger partial charge in [-0.05, 0) is 23.9 Å². The lowest BCUT2D eigenvalue weighted by molar-refractivity contribution is 0.0697. The molecule has 0 aliphatic rings. The van der Waals surface area contributed by atoms with Crippen molar-refractivity contribution in [2.24, 2.45) is 0 Å². The smallest absolute Gasteiger partial charge is 0.335 e. The van der Waals surface area contributed by atoms with Crippen LogP contribution in [-0.4, -0.2) is 20.9 Å². The highest BCUT2D eigenvalue weighted by molar-refractivity contribution is 8.59. The van der Waals surface area contributed by atoms with Gasteiger partial charge in [0.05, 0.1) is 5.56 Å². The lowest BCUT2D eigenvalue weighted by Crippen LogP contribution is -1.93. The summed E-state index contributed by atoms with van der Waals surface area (Å²) in [6.07, 6.45) is 0. The Labute approximate surface area is 91.5 Å². The van der Waals surface area contributed by atoms with Gasteiger partial charge in [0.1, 0.15) is 0 Å². The van der Waals surface area contributed by atoms with Crippen LogP contribution in [0.3, 0.4) is 0 Å². The Kier molecular flexibility index (Phi) is 5.99. The Hall–Kier alpha value is -0.390. The first-order valence-electron chi connectivity index (χ1n) is 3.37. The summed E-state index contributed by atoms with van der Waals surface area (Å²) in [4.78, 5) is 25.9. The number of carboxylic acid groups (broad SMARTS) is 1. The van der Waals surface area contributed by atoms with E-state index in [1.165, 1.54) is 0 Å². The molecule has 7 heteroatoms. The van der Waals surface area contributed by atoms with Crippen LogP contribution in [0.5, 0.6) is 0 Å². The largest absolute Gasteiger partial charge is 0.478 e. The molecule has 14 heavy (non-hydrogen) atoms. The number of hydrogen-bond acceptors (Lipinski definition) is 2. The molecular weight excluding hydrogens is 243 g/mol. The third-order valence-electron chi connectivity index (χ3n) is 1.02. The van der Waals surface area contributed by atoms with Crippen LogP contribution in [0.4, 0.5) is 0 Å². The molecule has 1 aromatic carbocycles. The topological polar surface area (TPSA) is 77.8 Å². The number of aromatic carboxylic acids is 1. The quantitative estimate of drug-likeness (QED) is 0.450. The van der Waals surface area contributed by atoms with E-state index in [0.717, 1.165) is 0 Å². The summed E-state index contributed by atoms with van der Waals surface area (Å²) in [5.74, 6) is -0.879. The molecule has 0 fully saturated rings. The lowest BCUT2D eigenvalue weighted by atomic mass is 10.2. The molecule has 78 valence electrons. The fourth-order valence-electron chi connectivity index (χ4n) is 0.581. The molecule has 0 atom stereocenters. The molecule has 1 rings (SSSR count). The molecule has 0 aliphatic carbocycles. The Morgan fingerprint density at radius 2 is 1.64 bits per heavy atom. The van der Waals surface area contributed by atoms with Gasteiger partial charge < -0.3 is 14.9 Å². The van der Waals surface area contributed by atoms with Gasteiger partial charge in [0.2, 0.25) is 5.69 Å². The van der Waals surface area contributed by atoms with E-state index in [4.69, 9.17) is 14.9 Å². The van der Waals surface area contributed by atoms with Gasteiger partial charge in [-0.15, -0.1) is 0 Å². The van der Waals surface area contributed by atoms with Gasteiger partial charge in [-0.2, -0.15) is 0 Å². The van der Waals surface area contributed by atoms with Gasteiger partial charge in [0.15, 0.2) is 0 Å². The zero-order chi connectivity index (χ0) is 11.2. The molecule has 0 saturated carbocycles. The maximum atomic E-state index is 10.2. The molecule has 0 heterocycles. The van der Waals surface area contributed by atoms with E-state index in [9.17, 15) is 4.79 Å². The van der Waals surface area contributed by atoms with E-state index in [0.29, 0.717) is 5.56 Å². The monoisotopic (exact) mass is 252 g/mol. The molecule has 4 nitrogen and oxygen atoms in total. The molecule has 0 spiro atoms. The van der Waals surface area contributed by atoms with Crippen LogP contribution in [0.1, 0.15) is 10.4 Å². The lowest BCUT2D eigenvalue weighted by Gasteiger charge is -1.88. The minimum absolute atomic E-state index is 0.331. The first-order valence-corrected chi connectivity index (χ1v) is 7.23. The average molecular weight is 252 g/mol. The fourth-order valence-corrected chi connectivity index (χ4v) is 0.581. The Morgan fingerprint density at radius 3 is 1.86 bits per heavy atom. The van der Waals surface area contributed by atoms with Crippen LogP contribution in [-0.2, 0) is 11.8 Å². The van der Waals surface area contributed by atoms with Crippen LogP contribution < -0.4 is 0 Å². The van der Waals surface area contributed by atoms with Crippen LogP contribution in [0.15, 0.2) is 30.3 Å². The normalized spacial score (nSPS) is 9.93. The van der Waals surface area contributed by atoms with Crippen molar-refractivity contribution in [3.05, 3.63) is 35.9 Å². The van der Waals surface area contributed by atoms with E-state index in [2.05, 4.69) is 24.1 Å². The first kappa shape index (κ1) is 13.6. The summed E-state index contributed by atoms with van der Waals surface area (Å²) in [5, 5.41) is 8.38. The first-order chi connectivity index (χ1) is 6.30. The van der Waals surface area contributed by atoms with Crippen molar-refractivity contribution in [1.82, 2.24) is 0 Å². The highest BCUT2D eigenvalue weighted by atomic mass is 32.9. The van der Waals surface area contributed by atoms with Crippen LogP contribution >= 0.6 is 17.9 Å². The average Bonchev–Trinajstić information content (AvgIpc) is 2.03. The van der Waals surface area contributed by atoms with Gasteiger partial charge in [-0.3, -0.25) is 0 Å². The van der Waals surface area contributed by atoms with Gasteiger partial charge in [0.25, 0.3) is 0 Å². The number of rotatable bonds is 1. The minimum atomic E-state index is -3.11. The Balaban J connectivity index is 0.000000292. The molecule has 1 aromatic rings. The highest BCUT2D eigenvalue weighted by Crippen LogP contribution is 2.39. The van der Waals surface area contributed by atoms with E-state index < -0.39 is 11.7 Å². The van der Waals surface area contributed by atoms with E-state index in [1.807, 2.05) is 0 Å². The van der Waals surface area contributed by atoms with Crippen molar-refractivity contribution in [2.75, 3.05) is 0 Å². The molecule has 0 saturated heterocycles. The molecule has 3 N–H and O–H groups in total. The predicted octanol–water partition coefficient (Wildman–Crippen LogP) is 1.51. The zero-order valence-corrected chi connectivity index (χ0v) is 9.54. The van der Waals surface area contributed by atoms with Crippen LogP contribution in [0, 0.1) is 0 Å². The zero-order valence-electron chi connectivity index (χ0n) is 6.94. The minimum Gasteiger partial charge on any atom is -0.478 e. The van der Waals surface area contributed by atoms with Gasteiger partial charge >= 0.3 is 5.97 Å². The Bertz CT molecular complexity index is 327. The highest BCUT2D eigenvalue weighted by Gasteiger charge is 1.96. The van der Waals surface area contributed by atoms with Crippen molar-refractivity contribution in [3.8, 4) is 0 Å². The molecule has 0 amide bonds. The molecule has 0 aromatic heterocycles. The van der Waals surface area contributed by atoms with Crippen molar-refractivity contribution in [1.29, 1.82) is 0 Å². The standard InChI is InChI=1S/C7H6O2.H3O2PS2/c8-7(9)6-4-2-1-3-5-6;1-3(2,4)5/h1-5H,(H,8,9);(H3,1,2,4,5). The molecule has 0 bridgehead atoms. The number of hydrogen-bond donors (Lipinski definition) is 4. The van der Waals surface area contributed by atoms with E-state index in [-0.39, 0.29) is 0 Å².